The topological polar surface area (TPSA) is 66.4 Å². The van der Waals surface area contributed by atoms with E-state index in [4.69, 9.17) is 0 Å². The molecule has 0 aliphatic rings. The first-order valence-electron chi connectivity index (χ1n) is 7.21. The SMILES string of the molecule is O=C(Cc1cccc2c(S(=O)O)cccc12)Nc1ccc(I)cc1. The Kier molecular flexibility index (Phi) is 5.27. The second-order valence-electron chi connectivity index (χ2n) is 5.25. The molecule has 3 aromatic rings. The first-order chi connectivity index (χ1) is 11.5. The van der Waals surface area contributed by atoms with Gasteiger partial charge in [-0.3, -0.25) is 4.79 Å². The largest absolute Gasteiger partial charge is 0.326 e. The third-order valence-electron chi connectivity index (χ3n) is 3.64. The lowest BCUT2D eigenvalue weighted by atomic mass is 10.0. The van der Waals surface area contributed by atoms with Gasteiger partial charge in [0, 0.05) is 14.6 Å². The molecule has 0 heterocycles. The molecule has 4 nitrogen and oxygen atoms in total. The van der Waals surface area contributed by atoms with Crippen LogP contribution in [-0.4, -0.2) is 14.7 Å². The highest BCUT2D eigenvalue weighted by Gasteiger charge is 2.11. The summed E-state index contributed by atoms with van der Waals surface area (Å²) in [4.78, 5) is 12.7. The maximum absolute atomic E-state index is 12.3. The molecule has 0 bridgehead atoms. The number of benzene rings is 3. The highest BCUT2D eigenvalue weighted by Crippen LogP contribution is 2.25. The Morgan fingerprint density at radius 1 is 1.00 bits per heavy atom. The second kappa shape index (κ2) is 7.42. The minimum absolute atomic E-state index is 0.126. The normalized spacial score (nSPS) is 12.1. The summed E-state index contributed by atoms with van der Waals surface area (Å²) in [6.07, 6.45) is 0.199. The number of fused-ring (bicyclic) bond motifs is 1. The summed E-state index contributed by atoms with van der Waals surface area (Å²) in [6.45, 7) is 0. The fourth-order valence-corrected chi connectivity index (χ4v) is 3.48. The summed E-state index contributed by atoms with van der Waals surface area (Å²) in [7, 11) is 0. The standard InChI is InChI=1S/C18H14INO3S/c19-13-7-9-14(10-8-13)20-18(21)11-12-3-1-5-16-15(12)4-2-6-17(16)24(22)23/h1-10H,11H2,(H,20,21)(H,22,23). The Balaban J connectivity index is 1.87. The van der Waals surface area contributed by atoms with E-state index in [0.29, 0.717) is 10.3 Å². The van der Waals surface area contributed by atoms with Crippen LogP contribution in [-0.2, 0) is 22.3 Å². The van der Waals surface area contributed by atoms with Gasteiger partial charge in [0.05, 0.1) is 11.3 Å². The summed E-state index contributed by atoms with van der Waals surface area (Å²) >= 11 is 0.149. The van der Waals surface area contributed by atoms with Crippen LogP contribution < -0.4 is 5.32 Å². The van der Waals surface area contributed by atoms with Crippen LogP contribution in [0.4, 0.5) is 5.69 Å². The Bertz CT molecular complexity index is 925. The predicted octanol–water partition coefficient (Wildman–Crippen LogP) is 4.21. The van der Waals surface area contributed by atoms with Gasteiger partial charge in [-0.2, -0.15) is 0 Å². The van der Waals surface area contributed by atoms with Crippen molar-refractivity contribution in [2.45, 2.75) is 11.3 Å². The number of hydrogen-bond acceptors (Lipinski definition) is 2. The zero-order valence-electron chi connectivity index (χ0n) is 12.5. The minimum Gasteiger partial charge on any atom is -0.326 e. The fourth-order valence-electron chi connectivity index (χ4n) is 2.56. The van der Waals surface area contributed by atoms with E-state index in [-0.39, 0.29) is 12.3 Å². The Morgan fingerprint density at radius 3 is 2.38 bits per heavy atom. The molecule has 0 aliphatic carbocycles. The van der Waals surface area contributed by atoms with Crippen LogP contribution in [0.15, 0.2) is 65.6 Å². The average molecular weight is 451 g/mol. The fraction of sp³-hybridized carbons (Fsp3) is 0.0556. The third-order valence-corrected chi connectivity index (χ3v) is 5.09. The van der Waals surface area contributed by atoms with E-state index in [1.165, 1.54) is 0 Å². The second-order valence-corrected chi connectivity index (χ2v) is 7.43. The van der Waals surface area contributed by atoms with Crippen LogP contribution in [0.25, 0.3) is 10.8 Å². The number of carbonyl (C=O) groups is 1. The average Bonchev–Trinajstić information content (AvgIpc) is 2.56. The first-order valence-corrected chi connectivity index (χ1v) is 9.40. The lowest BCUT2D eigenvalue weighted by Crippen LogP contribution is -2.14. The molecule has 0 radical (unpaired) electrons. The van der Waals surface area contributed by atoms with E-state index in [1.807, 2.05) is 36.4 Å². The van der Waals surface area contributed by atoms with Gasteiger partial charge in [0.2, 0.25) is 5.91 Å². The van der Waals surface area contributed by atoms with Crippen molar-refractivity contribution in [3.63, 3.8) is 0 Å². The smallest absolute Gasteiger partial charge is 0.228 e. The number of carbonyl (C=O) groups excluding carboxylic acids is 1. The molecule has 0 saturated carbocycles. The maximum Gasteiger partial charge on any atom is 0.228 e. The van der Waals surface area contributed by atoms with Crippen LogP contribution in [0.1, 0.15) is 5.56 Å². The van der Waals surface area contributed by atoms with Crippen molar-refractivity contribution in [3.8, 4) is 0 Å². The summed E-state index contributed by atoms with van der Waals surface area (Å²) in [5, 5.41) is 4.38. The van der Waals surface area contributed by atoms with E-state index >= 15 is 0 Å². The number of nitrogens with one attached hydrogen (secondary N) is 1. The van der Waals surface area contributed by atoms with Gasteiger partial charge in [0.15, 0.2) is 11.1 Å². The van der Waals surface area contributed by atoms with Crippen molar-refractivity contribution in [3.05, 3.63) is 69.8 Å². The number of anilines is 1. The zero-order valence-corrected chi connectivity index (χ0v) is 15.5. The molecule has 1 unspecified atom stereocenters. The van der Waals surface area contributed by atoms with Crippen molar-refractivity contribution in [1.82, 2.24) is 0 Å². The zero-order chi connectivity index (χ0) is 17.1. The predicted molar refractivity (Wildman–Crippen MR) is 104 cm³/mol. The summed E-state index contributed by atoms with van der Waals surface area (Å²) in [6, 6.07) is 18.2. The van der Waals surface area contributed by atoms with Crippen LogP contribution in [0, 0.1) is 3.57 Å². The molecule has 0 aliphatic heterocycles. The number of halogens is 1. The van der Waals surface area contributed by atoms with Crippen molar-refractivity contribution in [1.29, 1.82) is 0 Å². The molecule has 2 N–H and O–H groups in total. The number of rotatable bonds is 4. The minimum atomic E-state index is -2.06. The van der Waals surface area contributed by atoms with Gasteiger partial charge in [0.1, 0.15) is 0 Å². The quantitative estimate of drug-likeness (QED) is 0.462. The van der Waals surface area contributed by atoms with Gasteiger partial charge in [-0.1, -0.05) is 30.3 Å². The monoisotopic (exact) mass is 451 g/mol. The number of amides is 1. The number of hydrogen-bond donors (Lipinski definition) is 2. The van der Waals surface area contributed by atoms with E-state index in [1.54, 1.807) is 24.3 Å². The van der Waals surface area contributed by atoms with Crippen LogP contribution in [0.3, 0.4) is 0 Å². The molecule has 0 aromatic heterocycles. The third kappa shape index (κ3) is 3.82. The van der Waals surface area contributed by atoms with E-state index in [0.717, 1.165) is 20.2 Å². The van der Waals surface area contributed by atoms with Crippen molar-refractivity contribution >= 4 is 56.0 Å². The van der Waals surface area contributed by atoms with Gasteiger partial charge in [-0.15, -0.1) is 0 Å². The summed E-state index contributed by atoms with van der Waals surface area (Å²) < 4.78 is 22.0. The first kappa shape index (κ1) is 17.1. The van der Waals surface area contributed by atoms with Crippen LogP contribution in [0.5, 0.6) is 0 Å². The van der Waals surface area contributed by atoms with Crippen molar-refractivity contribution in [2.24, 2.45) is 0 Å². The van der Waals surface area contributed by atoms with E-state index < -0.39 is 11.1 Å². The molecule has 6 heteroatoms. The Labute approximate surface area is 155 Å². The van der Waals surface area contributed by atoms with Gasteiger partial charge in [-0.25, -0.2) is 4.21 Å². The molecule has 24 heavy (non-hydrogen) atoms. The van der Waals surface area contributed by atoms with Crippen molar-refractivity contribution in [2.75, 3.05) is 5.32 Å². The molecule has 3 aromatic carbocycles. The maximum atomic E-state index is 12.3. The molecular formula is C18H14INO3S. The molecule has 0 spiro atoms. The molecule has 0 fully saturated rings. The molecule has 1 atom stereocenters. The van der Waals surface area contributed by atoms with E-state index in [2.05, 4.69) is 27.9 Å². The highest BCUT2D eigenvalue weighted by molar-refractivity contribution is 14.1. The lowest BCUT2D eigenvalue weighted by Gasteiger charge is -2.09. The molecular weight excluding hydrogens is 437 g/mol. The van der Waals surface area contributed by atoms with Gasteiger partial charge in [-0.05, 0) is 63.9 Å². The van der Waals surface area contributed by atoms with Crippen molar-refractivity contribution < 1.29 is 13.6 Å². The van der Waals surface area contributed by atoms with Gasteiger partial charge in [0.25, 0.3) is 0 Å². The Morgan fingerprint density at radius 2 is 1.67 bits per heavy atom. The van der Waals surface area contributed by atoms with Gasteiger partial charge >= 0.3 is 0 Å². The summed E-state index contributed by atoms with van der Waals surface area (Å²) in [5.74, 6) is -0.126. The highest BCUT2D eigenvalue weighted by atomic mass is 127. The molecule has 1 amide bonds. The van der Waals surface area contributed by atoms with Gasteiger partial charge < -0.3 is 9.87 Å². The molecule has 3 rings (SSSR count). The van der Waals surface area contributed by atoms with Crippen LogP contribution in [0.2, 0.25) is 0 Å². The Hall–Kier alpha value is -1.77. The molecule has 122 valence electrons. The lowest BCUT2D eigenvalue weighted by molar-refractivity contribution is -0.115. The molecule has 0 saturated heterocycles. The summed E-state index contributed by atoms with van der Waals surface area (Å²) in [5.41, 5.74) is 1.57. The van der Waals surface area contributed by atoms with Crippen LogP contribution >= 0.6 is 22.6 Å². The van der Waals surface area contributed by atoms with E-state index in [9.17, 15) is 13.6 Å².